The fourth-order valence-corrected chi connectivity index (χ4v) is 4.69. The van der Waals surface area contributed by atoms with Crippen LogP contribution in [0.2, 0.25) is 0 Å². The Balaban J connectivity index is 1.70. The fourth-order valence-electron chi connectivity index (χ4n) is 3.88. The Morgan fingerprint density at radius 1 is 1.27 bits per heavy atom. The topological polar surface area (TPSA) is 49.3 Å². The Morgan fingerprint density at radius 3 is 3.00 bits per heavy atom. The van der Waals surface area contributed by atoms with E-state index in [1.807, 2.05) is 18.9 Å². The van der Waals surface area contributed by atoms with Crippen LogP contribution in [-0.2, 0) is 4.79 Å². The minimum absolute atomic E-state index is 0.200. The highest BCUT2D eigenvalue weighted by Gasteiger charge is 2.48. The molecule has 0 aromatic carbocycles. The van der Waals surface area contributed by atoms with E-state index in [9.17, 15) is 4.79 Å². The number of hydrogen-bond acceptors (Lipinski definition) is 5. The van der Waals surface area contributed by atoms with Crippen molar-refractivity contribution in [2.45, 2.75) is 26.2 Å². The number of nitrogens with zero attached hydrogens (tertiary/aromatic N) is 4. The van der Waals surface area contributed by atoms with Gasteiger partial charge >= 0.3 is 0 Å². The Labute approximate surface area is 134 Å². The molecular weight excluding hydrogens is 296 g/mol. The average Bonchev–Trinajstić information content (AvgIpc) is 3.11. The molecule has 1 amide bonds. The standard InChI is InChI=1S/C16H20N4OS/c1-11-17-13(12-4-9-22-14(12)18-11)20-8-6-16(10-20)5-3-7-19(2)15(16)21/h4,9H,3,5-8,10H2,1-2H3/t16-/m0/s1. The lowest BCUT2D eigenvalue weighted by Crippen LogP contribution is -2.48. The van der Waals surface area contributed by atoms with E-state index < -0.39 is 0 Å². The van der Waals surface area contributed by atoms with Crippen molar-refractivity contribution in [3.05, 3.63) is 17.3 Å². The normalized spacial score (nSPS) is 25.6. The molecule has 1 atom stereocenters. The smallest absolute Gasteiger partial charge is 0.230 e. The number of aromatic nitrogens is 2. The number of anilines is 1. The molecule has 0 N–H and O–H groups in total. The van der Waals surface area contributed by atoms with Crippen LogP contribution in [0.1, 0.15) is 25.1 Å². The van der Waals surface area contributed by atoms with Gasteiger partial charge < -0.3 is 9.80 Å². The molecule has 22 heavy (non-hydrogen) atoms. The number of thiophene rings is 1. The van der Waals surface area contributed by atoms with Crippen molar-refractivity contribution >= 4 is 33.3 Å². The lowest BCUT2D eigenvalue weighted by molar-refractivity contribution is -0.143. The highest BCUT2D eigenvalue weighted by Crippen LogP contribution is 2.42. The maximum absolute atomic E-state index is 12.7. The van der Waals surface area contributed by atoms with Gasteiger partial charge in [0.2, 0.25) is 5.91 Å². The van der Waals surface area contributed by atoms with Gasteiger partial charge in [-0.3, -0.25) is 4.79 Å². The molecule has 4 heterocycles. The number of likely N-dealkylation sites (tertiary alicyclic amines) is 1. The van der Waals surface area contributed by atoms with Crippen LogP contribution >= 0.6 is 11.3 Å². The van der Waals surface area contributed by atoms with E-state index in [1.165, 1.54) is 0 Å². The summed E-state index contributed by atoms with van der Waals surface area (Å²) in [5, 5.41) is 3.18. The van der Waals surface area contributed by atoms with Crippen LogP contribution in [0.15, 0.2) is 11.4 Å². The first-order valence-electron chi connectivity index (χ1n) is 7.81. The van der Waals surface area contributed by atoms with Gasteiger partial charge in [-0.15, -0.1) is 11.3 Å². The summed E-state index contributed by atoms with van der Waals surface area (Å²) in [7, 11) is 1.93. The molecule has 5 nitrogen and oxygen atoms in total. The molecule has 0 bridgehead atoms. The molecule has 0 radical (unpaired) electrons. The fraction of sp³-hybridized carbons (Fsp3) is 0.562. The first-order chi connectivity index (χ1) is 10.6. The highest BCUT2D eigenvalue weighted by molar-refractivity contribution is 7.16. The largest absolute Gasteiger partial charge is 0.355 e. The second-order valence-electron chi connectivity index (χ2n) is 6.52. The highest BCUT2D eigenvalue weighted by atomic mass is 32.1. The lowest BCUT2D eigenvalue weighted by Gasteiger charge is -2.37. The zero-order valence-electron chi connectivity index (χ0n) is 13.0. The van der Waals surface area contributed by atoms with Crippen LogP contribution < -0.4 is 4.90 Å². The van der Waals surface area contributed by atoms with Crippen molar-refractivity contribution in [2.24, 2.45) is 5.41 Å². The van der Waals surface area contributed by atoms with E-state index in [1.54, 1.807) is 11.3 Å². The summed E-state index contributed by atoms with van der Waals surface area (Å²) in [6, 6.07) is 2.09. The van der Waals surface area contributed by atoms with Crippen LogP contribution in [-0.4, -0.2) is 47.5 Å². The van der Waals surface area contributed by atoms with Crippen LogP contribution in [0.5, 0.6) is 0 Å². The number of fused-ring (bicyclic) bond motifs is 1. The van der Waals surface area contributed by atoms with Gasteiger partial charge in [-0.1, -0.05) is 0 Å². The van der Waals surface area contributed by atoms with Crippen molar-refractivity contribution in [3.8, 4) is 0 Å². The number of amides is 1. The molecule has 0 aliphatic carbocycles. The summed E-state index contributed by atoms with van der Waals surface area (Å²) in [5.41, 5.74) is -0.200. The molecule has 0 saturated carbocycles. The van der Waals surface area contributed by atoms with Gasteiger partial charge in [-0.2, -0.15) is 0 Å². The first-order valence-corrected chi connectivity index (χ1v) is 8.69. The van der Waals surface area contributed by atoms with E-state index in [-0.39, 0.29) is 5.41 Å². The molecule has 2 saturated heterocycles. The summed E-state index contributed by atoms with van der Waals surface area (Å²) >= 11 is 1.65. The number of carbonyl (C=O) groups excluding carboxylic acids is 1. The quantitative estimate of drug-likeness (QED) is 0.811. The summed E-state index contributed by atoms with van der Waals surface area (Å²) in [6.07, 6.45) is 3.04. The maximum atomic E-state index is 12.7. The zero-order chi connectivity index (χ0) is 15.3. The van der Waals surface area contributed by atoms with Crippen molar-refractivity contribution in [1.82, 2.24) is 14.9 Å². The number of carbonyl (C=O) groups is 1. The Morgan fingerprint density at radius 2 is 2.14 bits per heavy atom. The molecule has 2 aliphatic rings. The van der Waals surface area contributed by atoms with Gasteiger partial charge in [0.05, 0.1) is 10.8 Å². The van der Waals surface area contributed by atoms with Gasteiger partial charge in [0.15, 0.2) is 0 Å². The van der Waals surface area contributed by atoms with Crippen LogP contribution in [0.4, 0.5) is 5.82 Å². The minimum atomic E-state index is -0.200. The SMILES string of the molecule is Cc1nc(N2CC[C@@]3(CCCN(C)C3=O)C2)c2ccsc2n1. The molecular formula is C16H20N4OS. The lowest BCUT2D eigenvalue weighted by atomic mass is 9.78. The summed E-state index contributed by atoms with van der Waals surface area (Å²) in [4.78, 5) is 27.1. The number of piperidine rings is 1. The second kappa shape index (κ2) is 4.91. The van der Waals surface area contributed by atoms with E-state index in [2.05, 4.69) is 26.3 Å². The van der Waals surface area contributed by atoms with Gasteiger partial charge in [0, 0.05) is 26.7 Å². The predicted molar refractivity (Wildman–Crippen MR) is 88.3 cm³/mol. The zero-order valence-corrected chi connectivity index (χ0v) is 13.8. The van der Waals surface area contributed by atoms with Crippen molar-refractivity contribution in [1.29, 1.82) is 0 Å². The van der Waals surface area contributed by atoms with Crippen molar-refractivity contribution in [3.63, 3.8) is 0 Å². The molecule has 2 aromatic rings. The molecule has 2 fully saturated rings. The van der Waals surface area contributed by atoms with Crippen LogP contribution in [0, 0.1) is 12.3 Å². The van der Waals surface area contributed by atoms with Crippen LogP contribution in [0.3, 0.4) is 0 Å². The average molecular weight is 316 g/mol. The Hall–Kier alpha value is -1.69. The summed E-state index contributed by atoms with van der Waals surface area (Å²) in [6.45, 7) is 4.52. The third kappa shape index (κ3) is 2.00. The van der Waals surface area contributed by atoms with Crippen molar-refractivity contribution in [2.75, 3.05) is 31.6 Å². The third-order valence-electron chi connectivity index (χ3n) is 5.02. The van der Waals surface area contributed by atoms with E-state index in [0.717, 1.165) is 60.8 Å². The summed E-state index contributed by atoms with van der Waals surface area (Å²) < 4.78 is 0. The minimum Gasteiger partial charge on any atom is -0.355 e. The van der Waals surface area contributed by atoms with Gasteiger partial charge in [-0.25, -0.2) is 9.97 Å². The second-order valence-corrected chi connectivity index (χ2v) is 7.41. The molecule has 6 heteroatoms. The number of rotatable bonds is 1. The predicted octanol–water partition coefficient (Wildman–Crippen LogP) is 2.45. The molecule has 2 aliphatic heterocycles. The molecule has 116 valence electrons. The molecule has 0 unspecified atom stereocenters. The summed E-state index contributed by atoms with van der Waals surface area (Å²) in [5.74, 6) is 2.12. The van der Waals surface area contributed by atoms with Crippen molar-refractivity contribution < 1.29 is 4.79 Å². The van der Waals surface area contributed by atoms with E-state index in [4.69, 9.17) is 0 Å². The van der Waals surface area contributed by atoms with Crippen LogP contribution in [0.25, 0.3) is 10.2 Å². The van der Waals surface area contributed by atoms with Gasteiger partial charge in [0.1, 0.15) is 16.5 Å². The molecule has 2 aromatic heterocycles. The third-order valence-corrected chi connectivity index (χ3v) is 5.83. The molecule has 4 rings (SSSR count). The first kappa shape index (κ1) is 13.9. The molecule has 1 spiro atoms. The monoisotopic (exact) mass is 316 g/mol. The van der Waals surface area contributed by atoms with Gasteiger partial charge in [-0.05, 0) is 37.6 Å². The number of aryl methyl sites for hydroxylation is 1. The maximum Gasteiger partial charge on any atom is 0.230 e. The number of hydrogen-bond donors (Lipinski definition) is 0. The van der Waals surface area contributed by atoms with Gasteiger partial charge in [0.25, 0.3) is 0 Å². The Bertz CT molecular complexity index is 743. The van der Waals surface area contributed by atoms with E-state index in [0.29, 0.717) is 5.91 Å². The Kier molecular flexibility index (Phi) is 3.11. The van der Waals surface area contributed by atoms with E-state index >= 15 is 0 Å².